The van der Waals surface area contributed by atoms with Crippen LogP contribution in [0.2, 0.25) is 0 Å². The molecule has 0 N–H and O–H groups in total. The van der Waals surface area contributed by atoms with Gasteiger partial charge in [-0.3, -0.25) is 4.79 Å². The largest absolute Gasteiger partial charge is 0.468 e. The van der Waals surface area contributed by atoms with E-state index in [4.69, 9.17) is 9.47 Å². The van der Waals surface area contributed by atoms with Gasteiger partial charge in [-0.05, 0) is 30.5 Å². The normalized spacial score (nSPS) is 18.9. The van der Waals surface area contributed by atoms with E-state index in [0.29, 0.717) is 26.1 Å². The minimum atomic E-state index is -0.915. The molecular weight excluding hydrogens is 261 g/mol. The maximum Gasteiger partial charge on any atom is 0.323 e. The van der Waals surface area contributed by atoms with E-state index in [1.165, 1.54) is 19.2 Å². The SMILES string of the molecule is COC(=O)C(C#N)C1(c2ccc(F)cc2)CCOCC1. The monoisotopic (exact) mass is 277 g/mol. The van der Waals surface area contributed by atoms with Crippen LogP contribution in [0, 0.1) is 23.1 Å². The molecule has 0 aromatic heterocycles. The average Bonchev–Trinajstić information content (AvgIpc) is 2.49. The van der Waals surface area contributed by atoms with Crippen molar-refractivity contribution in [2.45, 2.75) is 18.3 Å². The van der Waals surface area contributed by atoms with E-state index in [9.17, 15) is 14.4 Å². The molecule has 0 saturated carbocycles. The predicted molar refractivity (Wildman–Crippen MR) is 69.3 cm³/mol. The number of nitriles is 1. The molecule has 0 amide bonds. The number of hydrogen-bond donors (Lipinski definition) is 0. The Kier molecular flexibility index (Phi) is 4.35. The Morgan fingerprint density at radius 1 is 1.40 bits per heavy atom. The molecule has 0 spiro atoms. The van der Waals surface area contributed by atoms with Crippen LogP contribution in [0.5, 0.6) is 0 Å². The van der Waals surface area contributed by atoms with Crippen molar-refractivity contribution in [3.8, 4) is 6.07 Å². The Balaban J connectivity index is 2.47. The first-order valence-electron chi connectivity index (χ1n) is 6.45. The number of ether oxygens (including phenoxy) is 2. The van der Waals surface area contributed by atoms with Crippen LogP contribution in [0.15, 0.2) is 24.3 Å². The summed E-state index contributed by atoms with van der Waals surface area (Å²) in [6, 6.07) is 8.01. The number of carbonyl (C=O) groups is 1. The van der Waals surface area contributed by atoms with Crippen LogP contribution in [0.3, 0.4) is 0 Å². The fraction of sp³-hybridized carbons (Fsp3) is 0.467. The third kappa shape index (κ3) is 2.52. The molecule has 106 valence electrons. The molecule has 1 aliphatic rings. The number of methoxy groups -OCH3 is 1. The van der Waals surface area contributed by atoms with Crippen LogP contribution in [-0.2, 0) is 19.7 Å². The van der Waals surface area contributed by atoms with Crippen molar-refractivity contribution in [2.24, 2.45) is 5.92 Å². The summed E-state index contributed by atoms with van der Waals surface area (Å²) < 4.78 is 23.2. The van der Waals surface area contributed by atoms with Gasteiger partial charge in [0.15, 0.2) is 5.92 Å². The summed E-state index contributed by atoms with van der Waals surface area (Å²) in [4.78, 5) is 11.9. The summed E-state index contributed by atoms with van der Waals surface area (Å²) in [6.45, 7) is 0.930. The minimum Gasteiger partial charge on any atom is -0.468 e. The Labute approximate surface area is 117 Å². The van der Waals surface area contributed by atoms with Crippen LogP contribution in [0.1, 0.15) is 18.4 Å². The summed E-state index contributed by atoms with van der Waals surface area (Å²) >= 11 is 0. The van der Waals surface area contributed by atoms with Crippen molar-refractivity contribution in [1.29, 1.82) is 5.26 Å². The van der Waals surface area contributed by atoms with Crippen LogP contribution in [0.4, 0.5) is 4.39 Å². The van der Waals surface area contributed by atoms with E-state index >= 15 is 0 Å². The van der Waals surface area contributed by atoms with Gasteiger partial charge < -0.3 is 9.47 Å². The summed E-state index contributed by atoms with van der Waals surface area (Å²) in [7, 11) is 1.27. The van der Waals surface area contributed by atoms with Crippen LogP contribution in [0.25, 0.3) is 0 Å². The smallest absolute Gasteiger partial charge is 0.323 e. The van der Waals surface area contributed by atoms with Gasteiger partial charge in [0.1, 0.15) is 5.82 Å². The molecule has 5 heteroatoms. The molecule has 0 radical (unpaired) electrons. The molecule has 20 heavy (non-hydrogen) atoms. The van der Waals surface area contributed by atoms with Crippen molar-refractivity contribution in [2.75, 3.05) is 20.3 Å². The zero-order valence-electron chi connectivity index (χ0n) is 11.3. The Morgan fingerprint density at radius 2 is 2.00 bits per heavy atom. The van der Waals surface area contributed by atoms with Crippen LogP contribution >= 0.6 is 0 Å². The zero-order valence-corrected chi connectivity index (χ0v) is 11.3. The Hall–Kier alpha value is -1.93. The van der Waals surface area contributed by atoms with Gasteiger partial charge in [0.25, 0.3) is 0 Å². The van der Waals surface area contributed by atoms with Gasteiger partial charge in [-0.1, -0.05) is 12.1 Å². The number of carbonyl (C=O) groups excluding carboxylic acids is 1. The molecule has 0 bridgehead atoms. The van der Waals surface area contributed by atoms with Crippen molar-refractivity contribution in [1.82, 2.24) is 0 Å². The number of nitrogens with zero attached hydrogens (tertiary/aromatic N) is 1. The van der Waals surface area contributed by atoms with Gasteiger partial charge in [-0.25, -0.2) is 4.39 Å². The zero-order chi connectivity index (χ0) is 14.6. The topological polar surface area (TPSA) is 59.3 Å². The molecule has 0 aliphatic carbocycles. The maximum absolute atomic E-state index is 13.1. The van der Waals surface area contributed by atoms with Crippen LogP contribution in [-0.4, -0.2) is 26.3 Å². The molecule has 1 atom stereocenters. The molecule has 2 rings (SSSR count). The average molecular weight is 277 g/mol. The predicted octanol–water partition coefficient (Wildman–Crippen LogP) is 2.19. The highest BCUT2D eigenvalue weighted by atomic mass is 19.1. The van der Waals surface area contributed by atoms with Crippen molar-refractivity contribution < 1.29 is 18.7 Å². The van der Waals surface area contributed by atoms with Crippen molar-refractivity contribution in [3.05, 3.63) is 35.6 Å². The van der Waals surface area contributed by atoms with Crippen molar-refractivity contribution in [3.63, 3.8) is 0 Å². The molecule has 4 nitrogen and oxygen atoms in total. The molecule has 1 fully saturated rings. The highest BCUT2D eigenvalue weighted by Crippen LogP contribution is 2.42. The van der Waals surface area contributed by atoms with E-state index in [0.717, 1.165) is 5.56 Å². The second-order valence-corrected chi connectivity index (χ2v) is 4.86. The fourth-order valence-corrected chi connectivity index (χ4v) is 2.78. The number of halogens is 1. The minimum absolute atomic E-state index is 0.345. The summed E-state index contributed by atoms with van der Waals surface area (Å²) in [5, 5.41) is 9.40. The molecule has 1 unspecified atom stereocenters. The lowest BCUT2D eigenvalue weighted by molar-refractivity contribution is -0.147. The first-order chi connectivity index (χ1) is 9.64. The van der Waals surface area contributed by atoms with Gasteiger partial charge in [0, 0.05) is 18.6 Å². The number of benzene rings is 1. The van der Waals surface area contributed by atoms with Crippen LogP contribution < -0.4 is 0 Å². The summed E-state index contributed by atoms with van der Waals surface area (Å²) in [5.41, 5.74) is 0.104. The highest BCUT2D eigenvalue weighted by Gasteiger charge is 2.46. The second kappa shape index (κ2) is 6.02. The molecular formula is C15H16FNO3. The quantitative estimate of drug-likeness (QED) is 0.795. The lowest BCUT2D eigenvalue weighted by atomic mass is 9.66. The Bertz CT molecular complexity index is 515. The lowest BCUT2D eigenvalue weighted by Gasteiger charge is -2.39. The molecule has 1 aliphatic heterocycles. The van der Waals surface area contributed by atoms with E-state index in [-0.39, 0.29) is 5.82 Å². The van der Waals surface area contributed by atoms with Crippen molar-refractivity contribution >= 4 is 5.97 Å². The van der Waals surface area contributed by atoms with Gasteiger partial charge >= 0.3 is 5.97 Å². The summed E-state index contributed by atoms with van der Waals surface area (Å²) in [5.74, 6) is -1.82. The van der Waals surface area contributed by atoms with Gasteiger partial charge in [-0.2, -0.15) is 5.26 Å². The van der Waals surface area contributed by atoms with Gasteiger partial charge in [-0.15, -0.1) is 0 Å². The highest BCUT2D eigenvalue weighted by molar-refractivity contribution is 5.77. The molecule has 1 saturated heterocycles. The van der Waals surface area contributed by atoms with E-state index < -0.39 is 17.3 Å². The first-order valence-corrected chi connectivity index (χ1v) is 6.45. The molecule has 1 aromatic rings. The number of esters is 1. The fourth-order valence-electron chi connectivity index (χ4n) is 2.78. The Morgan fingerprint density at radius 3 is 2.50 bits per heavy atom. The second-order valence-electron chi connectivity index (χ2n) is 4.86. The third-order valence-corrected chi connectivity index (χ3v) is 3.92. The number of rotatable bonds is 3. The van der Waals surface area contributed by atoms with E-state index in [1.54, 1.807) is 12.1 Å². The number of hydrogen-bond acceptors (Lipinski definition) is 4. The first kappa shape index (κ1) is 14.5. The molecule has 1 aromatic carbocycles. The standard InChI is InChI=1S/C15H16FNO3/c1-19-14(18)13(10-17)15(6-8-20-9-7-15)11-2-4-12(16)5-3-11/h2-5,13H,6-9H2,1H3. The van der Waals surface area contributed by atoms with E-state index in [2.05, 4.69) is 6.07 Å². The lowest BCUT2D eigenvalue weighted by Crippen LogP contribution is -2.44. The van der Waals surface area contributed by atoms with Gasteiger partial charge in [0.2, 0.25) is 0 Å². The third-order valence-electron chi connectivity index (χ3n) is 3.92. The van der Waals surface area contributed by atoms with Gasteiger partial charge in [0.05, 0.1) is 13.2 Å². The molecule has 1 heterocycles. The van der Waals surface area contributed by atoms with E-state index in [1.807, 2.05) is 0 Å². The summed E-state index contributed by atoms with van der Waals surface area (Å²) in [6.07, 6.45) is 1.07. The maximum atomic E-state index is 13.1.